The molecule has 0 saturated carbocycles. The molecule has 0 fully saturated rings. The molecule has 0 aromatic heterocycles. The van der Waals surface area contributed by atoms with Crippen molar-refractivity contribution >= 4 is 5.78 Å². The predicted octanol–water partition coefficient (Wildman–Crippen LogP) is 0.795. The highest BCUT2D eigenvalue weighted by atomic mass is 16.5. The number of carbonyl (C=O) groups is 1. The summed E-state index contributed by atoms with van der Waals surface area (Å²) < 4.78 is 5.09. The Balaban J connectivity index is 2.55. The molecular weight excluding hydrogens is 168 g/mol. The summed E-state index contributed by atoms with van der Waals surface area (Å²) in [4.78, 5) is 11.4. The van der Waals surface area contributed by atoms with Gasteiger partial charge in [-0.15, -0.1) is 0 Å². The van der Waals surface area contributed by atoms with Crippen molar-refractivity contribution in [2.24, 2.45) is 0 Å². The topological polar surface area (TPSA) is 46.5 Å². The third-order valence-corrected chi connectivity index (χ3v) is 2.32. The fourth-order valence-corrected chi connectivity index (χ4v) is 1.66. The molecule has 3 heteroatoms. The minimum absolute atomic E-state index is 0.200. The largest absolute Gasteiger partial charge is 0.496 e. The number of rotatable bonds is 1. The van der Waals surface area contributed by atoms with Gasteiger partial charge in [0.2, 0.25) is 0 Å². The van der Waals surface area contributed by atoms with E-state index in [2.05, 4.69) is 0 Å². The number of methoxy groups -OCH3 is 1. The lowest BCUT2D eigenvalue weighted by Crippen LogP contribution is -2.13. The van der Waals surface area contributed by atoms with Crippen LogP contribution < -0.4 is 4.74 Å². The first-order chi connectivity index (χ1) is 6.24. The predicted molar refractivity (Wildman–Crippen MR) is 47.0 cm³/mol. The Morgan fingerprint density at radius 2 is 2.31 bits per heavy atom. The smallest absolute Gasteiger partial charge is 0.192 e. The van der Waals surface area contributed by atoms with Gasteiger partial charge in [0.15, 0.2) is 5.78 Å². The van der Waals surface area contributed by atoms with Crippen molar-refractivity contribution in [3.8, 4) is 5.75 Å². The summed E-state index contributed by atoms with van der Waals surface area (Å²) in [5.41, 5.74) is 1.41. The molecule has 1 N–H and O–H groups in total. The van der Waals surface area contributed by atoms with Gasteiger partial charge in [0.05, 0.1) is 7.11 Å². The van der Waals surface area contributed by atoms with Gasteiger partial charge in [-0.25, -0.2) is 0 Å². The number of fused-ring (bicyclic) bond motifs is 1. The van der Waals surface area contributed by atoms with E-state index < -0.39 is 6.10 Å². The minimum Gasteiger partial charge on any atom is -0.496 e. The van der Waals surface area contributed by atoms with E-state index in [1.54, 1.807) is 25.3 Å². The highest BCUT2D eigenvalue weighted by Gasteiger charge is 2.30. The quantitative estimate of drug-likeness (QED) is 0.691. The molecule has 1 aromatic carbocycles. The molecule has 0 radical (unpaired) electrons. The standard InChI is InChI=1S/C10H10O3/c1-13-9-4-2-3-6-7(9)5-8(11)10(6)12/h2-4,8,11H,5H2,1H3. The molecule has 0 heterocycles. The molecule has 0 aliphatic heterocycles. The summed E-state index contributed by atoms with van der Waals surface area (Å²) in [6, 6.07) is 5.27. The lowest BCUT2D eigenvalue weighted by molar-refractivity contribution is 0.0780. The maximum Gasteiger partial charge on any atom is 0.192 e. The van der Waals surface area contributed by atoms with E-state index >= 15 is 0 Å². The van der Waals surface area contributed by atoms with Crippen LogP contribution in [0.4, 0.5) is 0 Å². The van der Waals surface area contributed by atoms with Gasteiger partial charge >= 0.3 is 0 Å². The first kappa shape index (κ1) is 8.26. The summed E-state index contributed by atoms with van der Waals surface area (Å²) in [5.74, 6) is 0.483. The molecule has 0 bridgehead atoms. The lowest BCUT2D eigenvalue weighted by Gasteiger charge is -2.04. The number of ketones is 1. The van der Waals surface area contributed by atoms with Crippen molar-refractivity contribution in [1.82, 2.24) is 0 Å². The number of hydrogen-bond donors (Lipinski definition) is 1. The monoisotopic (exact) mass is 178 g/mol. The van der Waals surface area contributed by atoms with E-state index in [9.17, 15) is 9.90 Å². The second-order valence-corrected chi connectivity index (χ2v) is 3.07. The fourth-order valence-electron chi connectivity index (χ4n) is 1.66. The minimum atomic E-state index is -0.883. The molecule has 13 heavy (non-hydrogen) atoms. The number of ether oxygens (including phenoxy) is 1. The van der Waals surface area contributed by atoms with Gasteiger partial charge in [0.25, 0.3) is 0 Å². The van der Waals surface area contributed by atoms with Gasteiger partial charge in [-0.3, -0.25) is 4.79 Å². The molecule has 0 spiro atoms. The van der Waals surface area contributed by atoms with Gasteiger partial charge in [0, 0.05) is 17.5 Å². The van der Waals surface area contributed by atoms with E-state index in [0.29, 0.717) is 17.7 Å². The number of aliphatic hydroxyl groups excluding tert-OH is 1. The van der Waals surface area contributed by atoms with E-state index in [-0.39, 0.29) is 5.78 Å². The summed E-state index contributed by atoms with van der Waals surface area (Å²) in [6.45, 7) is 0. The maximum absolute atomic E-state index is 11.4. The van der Waals surface area contributed by atoms with Crippen LogP contribution in [0.2, 0.25) is 0 Å². The zero-order chi connectivity index (χ0) is 9.42. The number of aliphatic hydroxyl groups is 1. The van der Waals surface area contributed by atoms with Crippen LogP contribution in [0.1, 0.15) is 15.9 Å². The van der Waals surface area contributed by atoms with Crippen LogP contribution >= 0.6 is 0 Å². The van der Waals surface area contributed by atoms with Crippen LogP contribution in [0.3, 0.4) is 0 Å². The van der Waals surface area contributed by atoms with E-state index in [1.807, 2.05) is 0 Å². The van der Waals surface area contributed by atoms with Crippen molar-refractivity contribution in [3.05, 3.63) is 29.3 Å². The summed E-state index contributed by atoms with van der Waals surface area (Å²) in [5, 5.41) is 9.33. The second kappa shape index (κ2) is 2.85. The van der Waals surface area contributed by atoms with Crippen LogP contribution in [0.5, 0.6) is 5.75 Å². The average molecular weight is 178 g/mol. The van der Waals surface area contributed by atoms with Gasteiger partial charge in [-0.05, 0) is 6.07 Å². The zero-order valence-corrected chi connectivity index (χ0v) is 7.28. The highest BCUT2D eigenvalue weighted by molar-refractivity contribution is 6.04. The lowest BCUT2D eigenvalue weighted by atomic mass is 10.1. The molecule has 1 aliphatic carbocycles. The molecule has 0 amide bonds. The van der Waals surface area contributed by atoms with Crippen molar-refractivity contribution in [2.45, 2.75) is 12.5 Å². The molecule has 3 nitrogen and oxygen atoms in total. The van der Waals surface area contributed by atoms with E-state index in [0.717, 1.165) is 5.56 Å². The SMILES string of the molecule is COc1cccc2c1CC(O)C2=O. The van der Waals surface area contributed by atoms with Crippen molar-refractivity contribution in [2.75, 3.05) is 7.11 Å². The third-order valence-electron chi connectivity index (χ3n) is 2.32. The number of hydrogen-bond acceptors (Lipinski definition) is 3. The summed E-state index contributed by atoms with van der Waals surface area (Å²) in [7, 11) is 1.56. The van der Waals surface area contributed by atoms with Crippen LogP contribution in [-0.2, 0) is 6.42 Å². The first-order valence-corrected chi connectivity index (χ1v) is 4.12. The van der Waals surface area contributed by atoms with Crippen LogP contribution in [0, 0.1) is 0 Å². The Kier molecular flexibility index (Phi) is 1.81. The molecule has 0 saturated heterocycles. The molecule has 2 rings (SSSR count). The van der Waals surface area contributed by atoms with Crippen molar-refractivity contribution < 1.29 is 14.6 Å². The van der Waals surface area contributed by atoms with Gasteiger partial charge in [0.1, 0.15) is 11.9 Å². The Morgan fingerprint density at radius 1 is 1.54 bits per heavy atom. The Hall–Kier alpha value is -1.35. The average Bonchev–Trinajstić information content (AvgIpc) is 2.43. The number of Topliss-reactive ketones (excluding diaryl/α,β-unsaturated/α-hetero) is 1. The molecule has 1 unspecified atom stereocenters. The van der Waals surface area contributed by atoms with Crippen LogP contribution in [-0.4, -0.2) is 24.1 Å². The first-order valence-electron chi connectivity index (χ1n) is 4.12. The Labute approximate surface area is 76.0 Å². The van der Waals surface area contributed by atoms with Crippen LogP contribution in [0.25, 0.3) is 0 Å². The Morgan fingerprint density at radius 3 is 3.00 bits per heavy atom. The molecule has 1 aliphatic rings. The summed E-state index contributed by atoms with van der Waals surface area (Å²) >= 11 is 0. The van der Waals surface area contributed by atoms with Crippen LogP contribution in [0.15, 0.2) is 18.2 Å². The highest BCUT2D eigenvalue weighted by Crippen LogP contribution is 2.30. The van der Waals surface area contributed by atoms with E-state index in [4.69, 9.17) is 4.74 Å². The van der Waals surface area contributed by atoms with Gasteiger partial charge < -0.3 is 9.84 Å². The normalized spacial score (nSPS) is 20.2. The number of benzene rings is 1. The van der Waals surface area contributed by atoms with Gasteiger partial charge in [-0.1, -0.05) is 12.1 Å². The van der Waals surface area contributed by atoms with E-state index in [1.165, 1.54) is 0 Å². The molecular formula is C10H10O3. The fraction of sp³-hybridized carbons (Fsp3) is 0.300. The van der Waals surface area contributed by atoms with Crippen molar-refractivity contribution in [3.63, 3.8) is 0 Å². The summed E-state index contributed by atoms with van der Waals surface area (Å²) in [6.07, 6.45) is -0.510. The maximum atomic E-state index is 11.4. The zero-order valence-electron chi connectivity index (χ0n) is 7.28. The number of carbonyl (C=O) groups excluding carboxylic acids is 1. The van der Waals surface area contributed by atoms with Gasteiger partial charge in [-0.2, -0.15) is 0 Å². The van der Waals surface area contributed by atoms with Crippen molar-refractivity contribution in [1.29, 1.82) is 0 Å². The molecule has 1 aromatic rings. The second-order valence-electron chi connectivity index (χ2n) is 3.07. The molecule has 68 valence electrons. The molecule has 1 atom stereocenters. The Bertz CT molecular complexity index is 357. The third kappa shape index (κ3) is 1.12.